The molecule has 2 heterocycles. The number of anilines is 1. The van der Waals surface area contributed by atoms with E-state index in [2.05, 4.69) is 43.8 Å². The van der Waals surface area contributed by atoms with E-state index in [1.807, 2.05) is 0 Å². The topological polar surface area (TPSA) is 274 Å². The van der Waals surface area contributed by atoms with Crippen molar-refractivity contribution in [1.82, 2.24) is 14.5 Å². The first-order valence-electron chi connectivity index (χ1n) is 10.6. The van der Waals surface area contributed by atoms with Gasteiger partial charge in [-0.25, -0.2) is 4.57 Å². The summed E-state index contributed by atoms with van der Waals surface area (Å²) in [5.41, 5.74) is 4.64. The van der Waals surface area contributed by atoms with E-state index in [1.54, 1.807) is 0 Å². The van der Waals surface area contributed by atoms with Crippen LogP contribution in [-0.2, 0) is 57.7 Å². The summed E-state index contributed by atoms with van der Waals surface area (Å²) in [7, 11) is -16.7. The summed E-state index contributed by atoms with van der Waals surface area (Å²) in [6, 6.07) is 0. The Kier molecular flexibility index (Phi) is 13.7. The summed E-state index contributed by atoms with van der Waals surface area (Å²) in [5, 5.41) is 20.2. The molecule has 0 bridgehead atoms. The molecule has 18 nitrogen and oxygen atoms in total. The maximum atomic E-state index is 12.0. The number of nitrogens with two attached hydrogens (primary N) is 1. The molecule has 0 aliphatic carbocycles. The van der Waals surface area contributed by atoms with Crippen molar-refractivity contribution in [3.8, 4) is 0 Å². The molecule has 8 N–H and O–H groups in total. The molecule has 211 valence electrons. The van der Waals surface area contributed by atoms with Gasteiger partial charge < -0.3 is 14.7 Å². The molecule has 37 heavy (non-hydrogen) atoms. The Hall–Kier alpha value is -0.135. The van der Waals surface area contributed by atoms with Gasteiger partial charge in [0.25, 0.3) is 0 Å². The SMILES string of the molecule is CCN(CC)CC.Nc1nc(=O)n([C@@H]2O[C@H](COP(=O)(O)OP(=O)(O)OP(=O)(O)O)[C@@H](O)[C@H]2O)c[c]1[Hg]. The number of hydrogen-bond acceptors (Lipinski definition) is 13. The number of aliphatic hydroxyl groups excluding tert-OH is 2. The molecule has 2 unspecified atom stereocenters. The van der Waals surface area contributed by atoms with E-state index in [0.29, 0.717) is 3.07 Å². The summed E-state index contributed by atoms with van der Waals surface area (Å²) >= 11 is -0.0572. The summed E-state index contributed by atoms with van der Waals surface area (Å²) in [4.78, 5) is 53.3. The second-order valence-corrected chi connectivity index (χ2v) is 14.8. The standard InChI is InChI=1S/C9H15N3O14P3.C6H15N.Hg/c10-5-1-2-12(9(15)11-5)8-7(14)6(13)4(24-8)3-23-28(19,20)26-29(21,22)25-27(16,17)18;1-4-7(5-2)6-3;/h2,4,6-8,13-14H,3H2,(H,19,20)(H,21,22)(H2,10,11,15)(H2,16,17,18);4-6H2,1-3H3;/t4-,6-,7-,8-;;/m1../s1. The Bertz CT molecular complexity index is 1090. The van der Waals surface area contributed by atoms with Crippen LogP contribution in [0.4, 0.5) is 5.82 Å². The molecule has 2 rings (SSSR count). The van der Waals surface area contributed by atoms with Crippen molar-refractivity contribution in [2.24, 2.45) is 0 Å². The molecule has 1 aromatic rings. The van der Waals surface area contributed by atoms with E-state index >= 15 is 0 Å². The number of hydrogen-bond donors (Lipinski definition) is 7. The fourth-order valence-corrected chi connectivity index (χ4v) is 7.04. The molecule has 22 heteroatoms. The molecular weight excluding hydrogens is 754 g/mol. The number of phosphoric acid groups is 3. The van der Waals surface area contributed by atoms with Crippen molar-refractivity contribution in [2.75, 3.05) is 32.0 Å². The van der Waals surface area contributed by atoms with Gasteiger partial charge in [-0.2, -0.15) is 0 Å². The van der Waals surface area contributed by atoms with Gasteiger partial charge in [0.05, 0.1) is 0 Å². The summed E-state index contributed by atoms with van der Waals surface area (Å²) in [5.74, 6) is 0.0110. The first kappa shape index (κ1) is 34.9. The summed E-state index contributed by atoms with van der Waals surface area (Å²) < 4.78 is 51.7. The minimum absolute atomic E-state index is 0.0110. The van der Waals surface area contributed by atoms with Gasteiger partial charge in [0, 0.05) is 0 Å². The van der Waals surface area contributed by atoms with Crippen molar-refractivity contribution in [1.29, 1.82) is 0 Å². The van der Waals surface area contributed by atoms with E-state index in [0.717, 1.165) is 4.57 Å². The summed E-state index contributed by atoms with van der Waals surface area (Å²) in [6.07, 6.45) is -5.15. The third kappa shape index (κ3) is 11.5. The van der Waals surface area contributed by atoms with Crippen molar-refractivity contribution < 1.29 is 87.5 Å². The number of aliphatic hydroxyl groups is 2. The fraction of sp³-hybridized carbons (Fsp3) is 0.733. The number of ether oxygens (including phenoxy) is 1. The number of nitrogen functional groups attached to an aromatic ring is 1. The zero-order valence-corrected chi connectivity index (χ0v) is 28.3. The van der Waals surface area contributed by atoms with Crippen LogP contribution in [0.3, 0.4) is 0 Å². The van der Waals surface area contributed by atoms with Crippen LogP contribution in [-0.4, -0.2) is 88.8 Å². The predicted molar refractivity (Wildman–Crippen MR) is 122 cm³/mol. The van der Waals surface area contributed by atoms with Gasteiger partial charge in [-0.3, -0.25) is 0 Å². The second kappa shape index (κ2) is 14.5. The van der Waals surface area contributed by atoms with Crippen LogP contribution >= 0.6 is 23.5 Å². The van der Waals surface area contributed by atoms with Crippen LogP contribution in [0, 0.1) is 0 Å². The van der Waals surface area contributed by atoms with E-state index < -0.39 is 60.3 Å². The van der Waals surface area contributed by atoms with Gasteiger partial charge in [0.1, 0.15) is 0 Å². The molecule has 0 saturated carbocycles. The molecule has 1 aliphatic heterocycles. The van der Waals surface area contributed by atoms with Crippen LogP contribution in [0.5, 0.6) is 0 Å². The molecule has 0 aromatic carbocycles. The van der Waals surface area contributed by atoms with Gasteiger partial charge in [-0.15, -0.1) is 0 Å². The molecule has 1 aliphatic rings. The van der Waals surface area contributed by atoms with E-state index in [1.165, 1.54) is 25.8 Å². The van der Waals surface area contributed by atoms with Crippen LogP contribution in [0.25, 0.3) is 0 Å². The van der Waals surface area contributed by atoms with Crippen LogP contribution < -0.4 is 14.5 Å². The number of aromatic nitrogens is 2. The monoisotopic (exact) mass is 785 g/mol. The van der Waals surface area contributed by atoms with Crippen LogP contribution in [0.2, 0.25) is 0 Å². The van der Waals surface area contributed by atoms with Crippen LogP contribution in [0.1, 0.15) is 27.0 Å². The average Bonchev–Trinajstić information content (AvgIpc) is 3.02. The number of nitrogens with zero attached hydrogens (tertiary/aromatic N) is 3. The van der Waals surface area contributed by atoms with Crippen molar-refractivity contribution in [3.63, 3.8) is 0 Å². The third-order valence-corrected chi connectivity index (χ3v) is 10.8. The molecule has 6 atom stereocenters. The van der Waals surface area contributed by atoms with Crippen molar-refractivity contribution in [3.05, 3.63) is 16.7 Å². The fourth-order valence-electron chi connectivity index (χ4n) is 2.94. The first-order valence-corrected chi connectivity index (χ1v) is 17.9. The molecule has 1 saturated heterocycles. The normalized spacial score (nSPS) is 25.3. The molecular formula is C15H30HgN4O14P3. The van der Waals surface area contributed by atoms with E-state index in [9.17, 15) is 33.6 Å². The quantitative estimate of drug-likeness (QED) is 0.0974. The van der Waals surface area contributed by atoms with E-state index in [-0.39, 0.29) is 31.9 Å². The Morgan fingerprint density at radius 2 is 1.59 bits per heavy atom. The molecule has 1 aromatic heterocycles. The Morgan fingerprint density at radius 3 is 2.05 bits per heavy atom. The maximum absolute atomic E-state index is 12.0. The molecule has 0 amide bonds. The zero-order valence-electron chi connectivity index (χ0n) is 20.1. The van der Waals surface area contributed by atoms with Crippen molar-refractivity contribution in [2.45, 2.75) is 45.3 Å². The van der Waals surface area contributed by atoms with Crippen molar-refractivity contribution >= 4 is 32.4 Å². The van der Waals surface area contributed by atoms with Gasteiger partial charge in [-0.1, -0.05) is 20.8 Å². The minimum atomic E-state index is -5.72. The molecule has 0 spiro atoms. The Morgan fingerprint density at radius 1 is 1.05 bits per heavy atom. The van der Waals surface area contributed by atoms with Gasteiger partial charge in [0.2, 0.25) is 0 Å². The van der Waals surface area contributed by atoms with E-state index in [4.69, 9.17) is 25.2 Å². The molecule has 1 fully saturated rings. The third-order valence-electron chi connectivity index (χ3n) is 4.83. The van der Waals surface area contributed by atoms with Gasteiger partial charge in [-0.05, 0) is 19.6 Å². The predicted octanol–water partition coefficient (Wildman–Crippen LogP) is -1.69. The summed E-state index contributed by atoms with van der Waals surface area (Å²) in [6.45, 7) is 9.12. The Balaban J connectivity index is 0.000000856. The molecule has 0 radical (unpaired) electrons. The average molecular weight is 784 g/mol. The first-order chi connectivity index (χ1) is 16.9. The zero-order chi connectivity index (χ0) is 28.8. The number of phosphoric ester groups is 1. The van der Waals surface area contributed by atoms with Crippen LogP contribution in [0.15, 0.2) is 11.0 Å². The van der Waals surface area contributed by atoms with Gasteiger partial charge in [0.15, 0.2) is 0 Å². The second-order valence-electron chi connectivity index (χ2n) is 7.39. The number of rotatable bonds is 11. The Labute approximate surface area is 227 Å². The van der Waals surface area contributed by atoms with Gasteiger partial charge >= 0.3 is 169 Å².